The van der Waals surface area contributed by atoms with Gasteiger partial charge in [-0.25, -0.2) is 4.57 Å². The van der Waals surface area contributed by atoms with Gasteiger partial charge in [0.15, 0.2) is 0 Å². The minimum Gasteiger partial charge on any atom is -0.387 e. The van der Waals surface area contributed by atoms with Crippen molar-refractivity contribution in [3.63, 3.8) is 0 Å². The molecule has 3 N–H and O–H groups in total. The summed E-state index contributed by atoms with van der Waals surface area (Å²) < 4.78 is 23.6. The molecule has 3 atom stereocenters. The number of carbonyl (C=O) groups excluding carboxylic acids is 1. The molecule has 0 aromatic carbocycles. The molecule has 420 valence electrons. The van der Waals surface area contributed by atoms with Crippen LogP contribution in [0.5, 0.6) is 0 Å². The van der Waals surface area contributed by atoms with Gasteiger partial charge in [0.25, 0.3) is 0 Å². The van der Waals surface area contributed by atoms with Gasteiger partial charge < -0.3 is 19.8 Å². The van der Waals surface area contributed by atoms with Gasteiger partial charge >= 0.3 is 7.82 Å². The molecule has 1 amide bonds. The Morgan fingerprint density at radius 1 is 0.465 bits per heavy atom. The number of carbonyl (C=O) groups is 1. The van der Waals surface area contributed by atoms with E-state index in [1.807, 2.05) is 27.2 Å². The van der Waals surface area contributed by atoms with Crippen molar-refractivity contribution in [2.45, 2.75) is 315 Å². The zero-order valence-corrected chi connectivity index (χ0v) is 48.9. The van der Waals surface area contributed by atoms with Crippen LogP contribution in [0.2, 0.25) is 0 Å². The lowest BCUT2D eigenvalue weighted by Crippen LogP contribution is -2.45. The van der Waals surface area contributed by atoms with Crippen molar-refractivity contribution < 1.29 is 32.9 Å². The molecule has 0 radical (unpaired) electrons. The smallest absolute Gasteiger partial charge is 0.387 e. The number of allylic oxidation sites excluding steroid dienone is 5. The molecule has 9 heteroatoms. The minimum atomic E-state index is -4.35. The maximum absolute atomic E-state index is 12.9. The predicted molar refractivity (Wildman–Crippen MR) is 309 cm³/mol. The fourth-order valence-corrected chi connectivity index (χ4v) is 10.00. The first kappa shape index (κ1) is 69.7. The number of quaternary nitrogens is 1. The highest BCUT2D eigenvalue weighted by atomic mass is 31.2. The van der Waals surface area contributed by atoms with Gasteiger partial charge in [0.05, 0.1) is 39.9 Å². The van der Waals surface area contributed by atoms with Crippen molar-refractivity contribution >= 4 is 13.7 Å². The lowest BCUT2D eigenvalue weighted by atomic mass is 10.0. The van der Waals surface area contributed by atoms with E-state index >= 15 is 0 Å². The molecule has 0 aliphatic rings. The number of hydrogen-bond acceptors (Lipinski definition) is 5. The topological polar surface area (TPSA) is 105 Å². The Balaban J connectivity index is 3.83. The standard InChI is InChI=1S/C62H121N2O6P/c1-6-8-10-12-14-16-18-19-20-21-22-23-24-25-26-27-28-29-30-31-32-33-34-35-36-37-38-39-40-41-42-43-44-46-48-50-52-54-56-62(66)63-60(59-70-71(67,68)69-58-57-64(3,4)5)61(65)55-53-51-49-47-45-17-15-13-11-9-7-2/h11,13,45,47,53,55,60-61,65H,6-10,12,14-44,46,48-52,54,56-59H2,1-5H3,(H-,63,66,67,68)/p+1/b13-11+,47-45+,55-53+. The van der Waals surface area contributed by atoms with Crippen LogP contribution >= 0.6 is 7.82 Å². The molecule has 0 bridgehead atoms. The van der Waals surface area contributed by atoms with Crippen LogP contribution < -0.4 is 5.32 Å². The number of phosphoric acid groups is 1. The molecule has 0 rings (SSSR count). The Bertz CT molecular complexity index is 1250. The van der Waals surface area contributed by atoms with E-state index in [1.165, 1.54) is 231 Å². The summed E-state index contributed by atoms with van der Waals surface area (Å²) in [6.45, 7) is 4.74. The second-order valence-electron chi connectivity index (χ2n) is 22.4. The van der Waals surface area contributed by atoms with Crippen LogP contribution in [0.25, 0.3) is 0 Å². The first-order valence-corrected chi connectivity index (χ1v) is 32.4. The maximum Gasteiger partial charge on any atom is 0.472 e. The number of phosphoric ester groups is 1. The van der Waals surface area contributed by atoms with Gasteiger partial charge in [0.2, 0.25) is 5.91 Å². The number of unbranched alkanes of at least 4 members (excludes halogenated alkanes) is 40. The highest BCUT2D eigenvalue weighted by Crippen LogP contribution is 2.43. The van der Waals surface area contributed by atoms with E-state index in [2.05, 4.69) is 43.5 Å². The Hall–Kier alpha value is -1.28. The minimum absolute atomic E-state index is 0.0546. The monoisotopic (exact) mass is 1020 g/mol. The van der Waals surface area contributed by atoms with Gasteiger partial charge in [0, 0.05) is 6.42 Å². The molecule has 71 heavy (non-hydrogen) atoms. The summed E-state index contributed by atoms with van der Waals surface area (Å²) in [6.07, 6.45) is 70.3. The van der Waals surface area contributed by atoms with E-state index in [4.69, 9.17) is 9.05 Å². The van der Waals surface area contributed by atoms with Crippen molar-refractivity contribution in [3.05, 3.63) is 36.5 Å². The number of likely N-dealkylation sites (N-methyl/N-ethyl adjacent to an activating group) is 1. The SMILES string of the molecule is CCC/C=C/CC/C=C/CC/C=C/C(O)C(COP(=O)(O)OCC[N+](C)(C)C)NC(=O)CCCCCCCCCCCCCCCCCCCCCCCCCCCCCCCCCCCCCCCC. The van der Waals surface area contributed by atoms with Gasteiger partial charge in [-0.3, -0.25) is 13.8 Å². The summed E-state index contributed by atoms with van der Waals surface area (Å²) in [5.41, 5.74) is 0. The van der Waals surface area contributed by atoms with Gasteiger partial charge in [0.1, 0.15) is 13.2 Å². The van der Waals surface area contributed by atoms with Crippen LogP contribution in [0.3, 0.4) is 0 Å². The van der Waals surface area contributed by atoms with Crippen molar-refractivity contribution in [3.8, 4) is 0 Å². The van der Waals surface area contributed by atoms with Crippen molar-refractivity contribution in [1.29, 1.82) is 0 Å². The van der Waals surface area contributed by atoms with Crippen molar-refractivity contribution in [1.82, 2.24) is 5.32 Å². The third kappa shape index (κ3) is 56.3. The Labute approximate surface area is 442 Å². The summed E-state index contributed by atoms with van der Waals surface area (Å²) in [5, 5.41) is 13.8. The van der Waals surface area contributed by atoms with E-state index in [-0.39, 0.29) is 19.1 Å². The van der Waals surface area contributed by atoms with E-state index in [0.717, 1.165) is 51.4 Å². The van der Waals surface area contributed by atoms with Crippen LogP contribution in [0, 0.1) is 0 Å². The number of aliphatic hydroxyl groups is 1. The second kappa shape index (κ2) is 53.5. The zero-order chi connectivity index (χ0) is 52.0. The second-order valence-corrected chi connectivity index (χ2v) is 23.9. The molecule has 0 spiro atoms. The molecule has 0 aliphatic carbocycles. The largest absolute Gasteiger partial charge is 0.472 e. The maximum atomic E-state index is 12.9. The molecule has 0 saturated carbocycles. The van der Waals surface area contributed by atoms with Crippen LogP contribution in [-0.2, 0) is 18.4 Å². The van der Waals surface area contributed by atoms with E-state index in [1.54, 1.807) is 6.08 Å². The summed E-state index contributed by atoms with van der Waals surface area (Å²) in [7, 11) is 1.55. The van der Waals surface area contributed by atoms with Crippen LogP contribution in [0.4, 0.5) is 0 Å². The molecule has 0 fully saturated rings. The molecule has 8 nitrogen and oxygen atoms in total. The summed E-state index contributed by atoms with van der Waals surface area (Å²) in [5.74, 6) is -0.188. The zero-order valence-electron chi connectivity index (χ0n) is 48.0. The average molecular weight is 1020 g/mol. The first-order valence-electron chi connectivity index (χ1n) is 30.9. The van der Waals surface area contributed by atoms with E-state index in [0.29, 0.717) is 17.4 Å². The number of nitrogens with one attached hydrogen (secondary N) is 1. The Morgan fingerprint density at radius 2 is 0.775 bits per heavy atom. The van der Waals surface area contributed by atoms with E-state index in [9.17, 15) is 19.4 Å². The molecule has 0 heterocycles. The lowest BCUT2D eigenvalue weighted by molar-refractivity contribution is -0.870. The molecular formula is C62H122N2O6P+. The number of hydrogen-bond donors (Lipinski definition) is 3. The predicted octanol–water partition coefficient (Wildman–Crippen LogP) is 18.9. The number of nitrogens with zero attached hydrogens (tertiary/aromatic N) is 1. The molecule has 0 aliphatic heterocycles. The average Bonchev–Trinajstić information content (AvgIpc) is 3.33. The highest BCUT2D eigenvalue weighted by molar-refractivity contribution is 7.47. The summed E-state index contributed by atoms with van der Waals surface area (Å²) in [4.78, 5) is 23.2. The van der Waals surface area contributed by atoms with Crippen molar-refractivity contribution in [2.75, 3.05) is 40.9 Å². The lowest BCUT2D eigenvalue weighted by Gasteiger charge is -2.25. The van der Waals surface area contributed by atoms with Crippen LogP contribution in [0.15, 0.2) is 36.5 Å². The first-order chi connectivity index (χ1) is 34.5. The van der Waals surface area contributed by atoms with Crippen LogP contribution in [-0.4, -0.2) is 73.4 Å². The Morgan fingerprint density at radius 3 is 1.10 bits per heavy atom. The Kier molecular flexibility index (Phi) is 52.6. The van der Waals surface area contributed by atoms with Gasteiger partial charge in [-0.05, 0) is 38.5 Å². The number of amides is 1. The highest BCUT2D eigenvalue weighted by Gasteiger charge is 2.27. The fraction of sp³-hybridized carbons (Fsp3) is 0.887. The fourth-order valence-electron chi connectivity index (χ4n) is 9.26. The van der Waals surface area contributed by atoms with Gasteiger partial charge in [-0.2, -0.15) is 0 Å². The molecule has 0 saturated heterocycles. The normalized spacial score (nSPS) is 14.1. The number of aliphatic hydroxyl groups excluding tert-OH is 1. The van der Waals surface area contributed by atoms with Crippen molar-refractivity contribution in [2.24, 2.45) is 0 Å². The van der Waals surface area contributed by atoms with Gasteiger partial charge in [-0.15, -0.1) is 0 Å². The summed E-state index contributed by atoms with van der Waals surface area (Å²) in [6, 6.07) is -0.866. The van der Waals surface area contributed by atoms with Gasteiger partial charge in [-0.1, -0.05) is 294 Å². The molecule has 0 aromatic heterocycles. The molecular weight excluding hydrogens is 900 g/mol. The third-order valence-corrected chi connectivity index (χ3v) is 15.1. The van der Waals surface area contributed by atoms with E-state index < -0.39 is 20.0 Å². The van der Waals surface area contributed by atoms with Crippen LogP contribution in [0.1, 0.15) is 303 Å². The third-order valence-electron chi connectivity index (χ3n) is 14.1. The number of rotatable bonds is 57. The molecule has 0 aromatic rings. The molecule has 3 unspecified atom stereocenters. The quantitative estimate of drug-likeness (QED) is 0.0243. The summed E-state index contributed by atoms with van der Waals surface area (Å²) >= 11 is 0.